The zero-order chi connectivity index (χ0) is 13.1. The summed E-state index contributed by atoms with van der Waals surface area (Å²) >= 11 is 5.93. The normalized spacial score (nSPS) is 12.9. The minimum atomic E-state index is 0.192. The van der Waals surface area contributed by atoms with Gasteiger partial charge in [-0.1, -0.05) is 0 Å². The Morgan fingerprint density at radius 2 is 2.28 bits per heavy atom. The minimum Gasteiger partial charge on any atom is -0.383 e. The van der Waals surface area contributed by atoms with Crippen molar-refractivity contribution in [3.63, 3.8) is 0 Å². The second-order valence-electron chi connectivity index (χ2n) is 4.01. The van der Waals surface area contributed by atoms with Crippen LogP contribution in [0, 0.1) is 0 Å². The fraction of sp³-hybridized carbons (Fsp3) is 0.545. The molecule has 0 aliphatic rings. The molecule has 7 heteroatoms. The quantitative estimate of drug-likeness (QED) is 0.840. The topological polar surface area (TPSA) is 66.9 Å². The highest BCUT2D eigenvalue weighted by Gasteiger charge is 2.19. The van der Waals surface area contributed by atoms with E-state index in [9.17, 15) is 0 Å². The van der Waals surface area contributed by atoms with E-state index in [0.717, 1.165) is 17.9 Å². The number of ether oxygens (including phenoxy) is 1. The van der Waals surface area contributed by atoms with Crippen LogP contribution in [0.4, 0.5) is 5.82 Å². The molecule has 2 aromatic rings. The number of methoxy groups -OCH3 is 1. The van der Waals surface area contributed by atoms with Crippen molar-refractivity contribution >= 4 is 28.6 Å². The van der Waals surface area contributed by atoms with Gasteiger partial charge in [-0.2, -0.15) is 9.97 Å². The molecule has 0 aromatic carbocycles. The van der Waals surface area contributed by atoms with E-state index in [1.165, 1.54) is 0 Å². The number of aromatic amines is 1. The van der Waals surface area contributed by atoms with Gasteiger partial charge >= 0.3 is 0 Å². The van der Waals surface area contributed by atoms with E-state index in [4.69, 9.17) is 16.3 Å². The maximum absolute atomic E-state index is 5.93. The predicted molar refractivity (Wildman–Crippen MR) is 71.1 cm³/mol. The molecule has 2 aromatic heterocycles. The van der Waals surface area contributed by atoms with Gasteiger partial charge in [0.2, 0.25) is 5.28 Å². The lowest BCUT2D eigenvalue weighted by Gasteiger charge is -2.28. The first kappa shape index (κ1) is 13.0. The van der Waals surface area contributed by atoms with E-state index < -0.39 is 0 Å². The number of nitrogens with zero attached hydrogens (tertiary/aromatic N) is 4. The predicted octanol–water partition coefficient (Wildman–Crippen LogP) is 1.87. The maximum Gasteiger partial charge on any atom is 0.226 e. The Labute approximate surface area is 110 Å². The van der Waals surface area contributed by atoms with Crippen LogP contribution in [0.2, 0.25) is 5.28 Å². The first-order valence-corrected chi connectivity index (χ1v) is 6.17. The van der Waals surface area contributed by atoms with Crippen LogP contribution in [0.5, 0.6) is 0 Å². The molecule has 1 atom stereocenters. The molecule has 0 saturated heterocycles. The van der Waals surface area contributed by atoms with Gasteiger partial charge in [-0.3, -0.25) is 0 Å². The fourth-order valence-corrected chi connectivity index (χ4v) is 2.16. The molecular formula is C11H16ClN5O. The molecule has 98 valence electrons. The molecule has 1 N–H and O–H groups in total. The molecule has 0 bridgehead atoms. The van der Waals surface area contributed by atoms with Gasteiger partial charge in [0, 0.05) is 13.7 Å². The highest BCUT2D eigenvalue weighted by molar-refractivity contribution is 6.28. The monoisotopic (exact) mass is 269 g/mol. The summed E-state index contributed by atoms with van der Waals surface area (Å²) < 4.78 is 5.19. The standard InChI is InChI=1S/C11H16ClN5O/c1-4-17(7(2)5-18-3)10-8-9(14-6-13-8)15-11(12)16-10/h6-7H,4-5H2,1-3H3,(H,13,14,15,16). The Kier molecular flexibility index (Phi) is 3.98. The average molecular weight is 270 g/mol. The van der Waals surface area contributed by atoms with Crippen LogP contribution in [-0.4, -0.2) is 46.2 Å². The van der Waals surface area contributed by atoms with E-state index in [1.54, 1.807) is 13.4 Å². The summed E-state index contributed by atoms with van der Waals surface area (Å²) in [6.07, 6.45) is 1.59. The number of aromatic nitrogens is 4. The van der Waals surface area contributed by atoms with E-state index in [0.29, 0.717) is 12.3 Å². The zero-order valence-electron chi connectivity index (χ0n) is 10.6. The van der Waals surface area contributed by atoms with Crippen molar-refractivity contribution in [2.24, 2.45) is 0 Å². The Morgan fingerprint density at radius 3 is 2.94 bits per heavy atom. The number of H-pyrrole nitrogens is 1. The number of imidazole rings is 1. The van der Waals surface area contributed by atoms with Crippen LogP contribution >= 0.6 is 11.6 Å². The second kappa shape index (κ2) is 5.49. The molecule has 2 heterocycles. The van der Waals surface area contributed by atoms with Crippen LogP contribution < -0.4 is 4.90 Å². The molecule has 0 saturated carbocycles. The number of rotatable bonds is 5. The molecule has 0 spiro atoms. The van der Waals surface area contributed by atoms with Gasteiger partial charge in [0.1, 0.15) is 5.52 Å². The Balaban J connectivity index is 2.46. The van der Waals surface area contributed by atoms with E-state index in [1.807, 2.05) is 0 Å². The maximum atomic E-state index is 5.93. The summed E-state index contributed by atoms with van der Waals surface area (Å²) in [6.45, 7) is 5.55. The molecule has 1 unspecified atom stereocenters. The Hall–Kier alpha value is -1.40. The van der Waals surface area contributed by atoms with Gasteiger partial charge in [0.15, 0.2) is 11.5 Å². The number of hydrogen-bond acceptors (Lipinski definition) is 5. The highest BCUT2D eigenvalue weighted by Crippen LogP contribution is 2.24. The Morgan fingerprint density at radius 1 is 1.50 bits per heavy atom. The summed E-state index contributed by atoms with van der Waals surface area (Å²) in [5.41, 5.74) is 1.37. The average Bonchev–Trinajstić information content (AvgIpc) is 2.78. The largest absolute Gasteiger partial charge is 0.383 e. The van der Waals surface area contributed by atoms with Crippen LogP contribution in [0.1, 0.15) is 13.8 Å². The summed E-state index contributed by atoms with van der Waals surface area (Å²) in [4.78, 5) is 17.6. The van der Waals surface area contributed by atoms with Crippen molar-refractivity contribution in [3.05, 3.63) is 11.6 Å². The summed E-state index contributed by atoms with van der Waals surface area (Å²) in [5.74, 6) is 0.759. The van der Waals surface area contributed by atoms with Gasteiger partial charge in [-0.25, -0.2) is 4.98 Å². The molecule has 2 rings (SSSR count). The number of halogens is 1. The third-order valence-corrected chi connectivity index (χ3v) is 2.96. The number of fused-ring (bicyclic) bond motifs is 1. The lowest BCUT2D eigenvalue weighted by Crippen LogP contribution is -2.37. The molecule has 6 nitrogen and oxygen atoms in total. The van der Waals surface area contributed by atoms with Crippen molar-refractivity contribution < 1.29 is 4.74 Å². The summed E-state index contributed by atoms with van der Waals surface area (Å²) in [7, 11) is 1.68. The minimum absolute atomic E-state index is 0.192. The molecule has 18 heavy (non-hydrogen) atoms. The molecule has 0 fully saturated rings. The summed E-state index contributed by atoms with van der Waals surface area (Å²) in [5, 5.41) is 0.202. The SMILES string of the molecule is CCN(c1nc(Cl)nc2nc[nH]c12)C(C)COC. The fourth-order valence-electron chi connectivity index (χ4n) is 2.00. The molecular weight excluding hydrogens is 254 g/mol. The van der Waals surface area contributed by atoms with Crippen LogP contribution in [0.3, 0.4) is 0 Å². The molecule has 0 radical (unpaired) electrons. The van der Waals surface area contributed by atoms with E-state index >= 15 is 0 Å². The first-order chi connectivity index (χ1) is 8.67. The van der Waals surface area contributed by atoms with Crippen molar-refractivity contribution in [1.82, 2.24) is 19.9 Å². The van der Waals surface area contributed by atoms with Crippen LogP contribution in [0.15, 0.2) is 6.33 Å². The van der Waals surface area contributed by atoms with Gasteiger partial charge in [0.25, 0.3) is 0 Å². The molecule has 0 aliphatic carbocycles. The van der Waals surface area contributed by atoms with Crippen molar-refractivity contribution in [1.29, 1.82) is 0 Å². The first-order valence-electron chi connectivity index (χ1n) is 5.79. The van der Waals surface area contributed by atoms with Crippen molar-refractivity contribution in [3.8, 4) is 0 Å². The van der Waals surface area contributed by atoms with Crippen molar-refractivity contribution in [2.45, 2.75) is 19.9 Å². The lowest BCUT2D eigenvalue weighted by molar-refractivity contribution is 0.182. The van der Waals surface area contributed by atoms with Gasteiger partial charge in [-0.15, -0.1) is 0 Å². The van der Waals surface area contributed by atoms with Gasteiger partial charge in [-0.05, 0) is 25.4 Å². The number of nitrogens with one attached hydrogen (secondary N) is 1. The highest BCUT2D eigenvalue weighted by atomic mass is 35.5. The van der Waals surface area contributed by atoms with Crippen molar-refractivity contribution in [2.75, 3.05) is 25.2 Å². The third kappa shape index (κ3) is 2.39. The number of likely N-dealkylation sites (N-methyl/N-ethyl adjacent to an activating group) is 1. The number of hydrogen-bond donors (Lipinski definition) is 1. The smallest absolute Gasteiger partial charge is 0.226 e. The van der Waals surface area contributed by atoms with Gasteiger partial charge in [0.05, 0.1) is 19.0 Å². The number of anilines is 1. The van der Waals surface area contributed by atoms with Gasteiger partial charge < -0.3 is 14.6 Å². The zero-order valence-corrected chi connectivity index (χ0v) is 11.4. The lowest BCUT2D eigenvalue weighted by atomic mass is 10.3. The van der Waals surface area contributed by atoms with E-state index in [2.05, 4.69) is 38.7 Å². The molecule has 0 aliphatic heterocycles. The summed E-state index contributed by atoms with van der Waals surface area (Å²) in [6, 6.07) is 0.192. The van der Waals surface area contributed by atoms with Crippen LogP contribution in [-0.2, 0) is 4.74 Å². The Bertz CT molecular complexity index is 529. The van der Waals surface area contributed by atoms with Crippen LogP contribution in [0.25, 0.3) is 11.2 Å². The molecule has 0 amide bonds. The van der Waals surface area contributed by atoms with E-state index in [-0.39, 0.29) is 11.3 Å². The third-order valence-electron chi connectivity index (χ3n) is 2.79. The second-order valence-corrected chi connectivity index (χ2v) is 4.35.